The van der Waals surface area contributed by atoms with Gasteiger partial charge >= 0.3 is 0 Å². The number of nitrogens with zero attached hydrogens (tertiary/aromatic N) is 2. The Balaban J connectivity index is 1.49. The molecule has 132 valence electrons. The molecule has 2 aromatic rings. The van der Waals surface area contributed by atoms with E-state index in [1.165, 1.54) is 4.90 Å². The molecule has 0 bridgehead atoms. The molecule has 0 saturated carbocycles. The van der Waals surface area contributed by atoms with E-state index in [1.54, 1.807) is 30.2 Å². The van der Waals surface area contributed by atoms with Gasteiger partial charge in [-0.3, -0.25) is 9.78 Å². The Morgan fingerprint density at radius 3 is 2.64 bits per heavy atom. The second-order valence-electron chi connectivity index (χ2n) is 6.08. The number of halogens is 1. The number of carbonyl (C=O) groups excluding carboxylic acids is 1. The van der Waals surface area contributed by atoms with Gasteiger partial charge in [0.15, 0.2) is 0 Å². The molecular formula is C19H21ClN2O2S. The maximum absolute atomic E-state index is 12.6. The molecular weight excluding hydrogens is 356 g/mol. The highest BCUT2D eigenvalue weighted by Gasteiger charge is 2.24. The Morgan fingerprint density at radius 1 is 1.28 bits per heavy atom. The van der Waals surface area contributed by atoms with E-state index in [2.05, 4.69) is 4.98 Å². The fraction of sp³-hybridized carbons (Fsp3) is 0.368. The number of aromatic nitrogens is 1. The molecule has 3 rings (SSSR count). The van der Waals surface area contributed by atoms with E-state index in [1.807, 2.05) is 35.4 Å². The molecule has 0 unspecified atom stereocenters. The second-order valence-corrected chi connectivity index (χ2v) is 7.37. The lowest BCUT2D eigenvalue weighted by Gasteiger charge is -2.32. The summed E-state index contributed by atoms with van der Waals surface area (Å²) in [5.41, 5.74) is 0.760. The minimum Gasteiger partial charge on any atom is -0.492 e. The molecule has 0 spiro atoms. The van der Waals surface area contributed by atoms with Crippen LogP contribution in [-0.4, -0.2) is 41.7 Å². The lowest BCUT2D eigenvalue weighted by atomic mass is 9.97. The van der Waals surface area contributed by atoms with Crippen molar-refractivity contribution in [2.24, 2.45) is 5.92 Å². The first-order valence-corrected chi connectivity index (χ1v) is 9.93. The number of amides is 1. The monoisotopic (exact) mass is 376 g/mol. The standard InChI is InChI=1S/C19H21ClN2O2S/c1-25-16-4-2-15(3-5-16)19(23)22-10-7-14(8-11-22)13-24-18-6-9-21-12-17(18)20/h2-6,9,12,14H,7-8,10-11,13H2,1H3. The molecule has 0 atom stereocenters. The Morgan fingerprint density at radius 2 is 2.00 bits per heavy atom. The third-order valence-electron chi connectivity index (χ3n) is 4.45. The quantitative estimate of drug-likeness (QED) is 0.726. The summed E-state index contributed by atoms with van der Waals surface area (Å²) < 4.78 is 5.80. The summed E-state index contributed by atoms with van der Waals surface area (Å²) in [6, 6.07) is 9.59. The number of benzene rings is 1. The van der Waals surface area contributed by atoms with Gasteiger partial charge in [0.05, 0.1) is 6.61 Å². The van der Waals surface area contributed by atoms with Crippen LogP contribution in [0, 0.1) is 5.92 Å². The largest absolute Gasteiger partial charge is 0.492 e. The summed E-state index contributed by atoms with van der Waals surface area (Å²) in [6.45, 7) is 2.15. The average molecular weight is 377 g/mol. The molecule has 6 heteroatoms. The van der Waals surface area contributed by atoms with E-state index in [0.717, 1.165) is 31.5 Å². The van der Waals surface area contributed by atoms with E-state index in [9.17, 15) is 4.79 Å². The zero-order chi connectivity index (χ0) is 17.6. The number of carbonyl (C=O) groups is 1. The summed E-state index contributed by atoms with van der Waals surface area (Å²) in [7, 11) is 0. The summed E-state index contributed by atoms with van der Waals surface area (Å²) in [5.74, 6) is 1.22. The predicted octanol–water partition coefficient (Wildman–Crippen LogP) is 4.39. The number of likely N-dealkylation sites (tertiary alicyclic amines) is 1. The molecule has 25 heavy (non-hydrogen) atoms. The van der Waals surface area contributed by atoms with Gasteiger partial charge in [-0.15, -0.1) is 11.8 Å². The summed E-state index contributed by atoms with van der Waals surface area (Å²) in [6.07, 6.45) is 7.17. The average Bonchev–Trinajstić information content (AvgIpc) is 2.67. The van der Waals surface area contributed by atoms with E-state index >= 15 is 0 Å². The van der Waals surface area contributed by atoms with Crippen molar-refractivity contribution in [3.05, 3.63) is 53.3 Å². The van der Waals surface area contributed by atoms with Crippen LogP contribution in [0.1, 0.15) is 23.2 Å². The zero-order valence-corrected chi connectivity index (χ0v) is 15.7. The number of rotatable bonds is 5. The van der Waals surface area contributed by atoms with Crippen molar-refractivity contribution in [3.8, 4) is 5.75 Å². The Labute approximate surface area is 157 Å². The highest BCUT2D eigenvalue weighted by Crippen LogP contribution is 2.25. The highest BCUT2D eigenvalue weighted by molar-refractivity contribution is 7.98. The number of hydrogen-bond donors (Lipinski definition) is 0. The molecule has 1 aliphatic rings. The second kappa shape index (κ2) is 8.59. The normalized spacial score (nSPS) is 15.2. The number of thioether (sulfide) groups is 1. The van der Waals surface area contributed by atoms with Gasteiger partial charge < -0.3 is 9.64 Å². The van der Waals surface area contributed by atoms with Gasteiger partial charge in [-0.05, 0) is 49.3 Å². The fourth-order valence-electron chi connectivity index (χ4n) is 2.91. The van der Waals surface area contributed by atoms with Crippen LogP contribution in [0.25, 0.3) is 0 Å². The molecule has 0 radical (unpaired) electrons. The van der Waals surface area contributed by atoms with Crippen LogP contribution >= 0.6 is 23.4 Å². The van der Waals surface area contributed by atoms with Crippen LogP contribution < -0.4 is 4.74 Å². The topological polar surface area (TPSA) is 42.4 Å². The molecule has 1 saturated heterocycles. The van der Waals surface area contributed by atoms with Crippen LogP contribution in [0.15, 0.2) is 47.6 Å². The maximum Gasteiger partial charge on any atom is 0.253 e. The number of piperidine rings is 1. The minimum absolute atomic E-state index is 0.115. The third kappa shape index (κ3) is 4.67. The van der Waals surface area contributed by atoms with Crippen molar-refractivity contribution < 1.29 is 9.53 Å². The molecule has 1 amide bonds. The maximum atomic E-state index is 12.6. The van der Waals surface area contributed by atoms with Crippen molar-refractivity contribution in [2.45, 2.75) is 17.7 Å². The van der Waals surface area contributed by atoms with Gasteiger partial charge in [-0.1, -0.05) is 11.6 Å². The summed E-state index contributed by atoms with van der Waals surface area (Å²) >= 11 is 7.73. The van der Waals surface area contributed by atoms with Crippen molar-refractivity contribution in [1.29, 1.82) is 0 Å². The molecule has 1 fully saturated rings. The summed E-state index contributed by atoms with van der Waals surface area (Å²) in [5, 5.41) is 0.531. The van der Waals surface area contributed by atoms with Crippen LogP contribution in [0.4, 0.5) is 0 Å². The van der Waals surface area contributed by atoms with Gasteiger partial charge in [0.1, 0.15) is 10.8 Å². The fourth-order valence-corrected chi connectivity index (χ4v) is 3.49. The van der Waals surface area contributed by atoms with Crippen molar-refractivity contribution in [2.75, 3.05) is 26.0 Å². The van der Waals surface area contributed by atoms with Gasteiger partial charge in [-0.2, -0.15) is 0 Å². The van der Waals surface area contributed by atoms with Crippen LogP contribution in [-0.2, 0) is 0 Å². The molecule has 0 N–H and O–H groups in total. The molecule has 2 heterocycles. The van der Waals surface area contributed by atoms with Crippen LogP contribution in [0.3, 0.4) is 0 Å². The number of pyridine rings is 1. The number of ether oxygens (including phenoxy) is 1. The third-order valence-corrected chi connectivity index (χ3v) is 5.48. The van der Waals surface area contributed by atoms with Gasteiger partial charge in [-0.25, -0.2) is 0 Å². The minimum atomic E-state index is 0.115. The van der Waals surface area contributed by atoms with E-state index in [4.69, 9.17) is 16.3 Å². The first-order chi connectivity index (χ1) is 12.2. The molecule has 1 aliphatic heterocycles. The molecule has 1 aromatic carbocycles. The van der Waals surface area contributed by atoms with Gasteiger partial charge in [0, 0.05) is 42.0 Å². The first kappa shape index (κ1) is 18.1. The molecule has 4 nitrogen and oxygen atoms in total. The Kier molecular flexibility index (Phi) is 6.21. The van der Waals surface area contributed by atoms with Crippen LogP contribution in [0.5, 0.6) is 5.75 Å². The van der Waals surface area contributed by atoms with Crippen molar-refractivity contribution in [1.82, 2.24) is 9.88 Å². The van der Waals surface area contributed by atoms with Gasteiger partial charge in [0.25, 0.3) is 5.91 Å². The van der Waals surface area contributed by atoms with Crippen LogP contribution in [0.2, 0.25) is 5.02 Å². The summed E-state index contributed by atoms with van der Waals surface area (Å²) in [4.78, 5) is 19.6. The van der Waals surface area contributed by atoms with Crippen molar-refractivity contribution in [3.63, 3.8) is 0 Å². The molecule has 0 aliphatic carbocycles. The Hall–Kier alpha value is -1.72. The van der Waals surface area contributed by atoms with Crippen molar-refractivity contribution >= 4 is 29.3 Å². The first-order valence-electron chi connectivity index (χ1n) is 8.33. The highest BCUT2D eigenvalue weighted by atomic mass is 35.5. The zero-order valence-electron chi connectivity index (χ0n) is 14.2. The number of hydrogen-bond acceptors (Lipinski definition) is 4. The predicted molar refractivity (Wildman–Crippen MR) is 102 cm³/mol. The molecule has 1 aromatic heterocycles. The Bertz CT molecular complexity index is 716. The van der Waals surface area contributed by atoms with E-state index in [-0.39, 0.29) is 5.91 Å². The lowest BCUT2D eigenvalue weighted by molar-refractivity contribution is 0.0661. The smallest absolute Gasteiger partial charge is 0.253 e. The lowest BCUT2D eigenvalue weighted by Crippen LogP contribution is -2.39. The van der Waals surface area contributed by atoms with Gasteiger partial charge in [0.2, 0.25) is 0 Å². The SMILES string of the molecule is CSc1ccc(C(=O)N2CCC(COc3ccncc3Cl)CC2)cc1. The van der Waals surface area contributed by atoms with E-state index in [0.29, 0.717) is 23.3 Å². The van der Waals surface area contributed by atoms with E-state index < -0.39 is 0 Å².